The Hall–Kier alpha value is -0.0400. The Morgan fingerprint density at radius 3 is 1.93 bits per heavy atom. The standard InChI is InChI=1S/C13H27N/c1-6-7-8-9-10-14-11-12(2,3)13(11,4)5/h11,14H,6-10H2,1-5H3. The van der Waals surface area contributed by atoms with Crippen molar-refractivity contribution in [3.05, 3.63) is 0 Å². The molecule has 1 aliphatic carbocycles. The molecule has 0 aromatic carbocycles. The van der Waals surface area contributed by atoms with Gasteiger partial charge in [-0.3, -0.25) is 0 Å². The summed E-state index contributed by atoms with van der Waals surface area (Å²) < 4.78 is 0. The fourth-order valence-electron chi connectivity index (χ4n) is 2.50. The lowest BCUT2D eigenvalue weighted by atomic mass is 10.0. The number of hydrogen-bond donors (Lipinski definition) is 1. The SMILES string of the molecule is CCCCCCNC1C(C)(C)C1(C)C. The van der Waals surface area contributed by atoms with E-state index < -0.39 is 0 Å². The summed E-state index contributed by atoms with van der Waals surface area (Å²) in [6.45, 7) is 13.0. The zero-order chi connectivity index (χ0) is 10.8. The topological polar surface area (TPSA) is 12.0 Å². The van der Waals surface area contributed by atoms with Crippen molar-refractivity contribution in [1.29, 1.82) is 0 Å². The molecule has 0 radical (unpaired) electrons. The van der Waals surface area contributed by atoms with Crippen LogP contribution in [0.3, 0.4) is 0 Å². The highest BCUT2D eigenvalue weighted by Crippen LogP contribution is 2.62. The lowest BCUT2D eigenvalue weighted by Crippen LogP contribution is -2.23. The summed E-state index contributed by atoms with van der Waals surface area (Å²) in [7, 11) is 0. The van der Waals surface area contributed by atoms with E-state index in [9.17, 15) is 0 Å². The van der Waals surface area contributed by atoms with Gasteiger partial charge in [0.1, 0.15) is 0 Å². The van der Waals surface area contributed by atoms with Crippen molar-refractivity contribution in [2.75, 3.05) is 6.54 Å². The largest absolute Gasteiger partial charge is 0.313 e. The van der Waals surface area contributed by atoms with E-state index in [1.165, 1.54) is 32.2 Å². The fraction of sp³-hybridized carbons (Fsp3) is 1.00. The van der Waals surface area contributed by atoms with E-state index in [-0.39, 0.29) is 0 Å². The average Bonchev–Trinajstić information content (AvgIpc) is 2.46. The molecule has 0 bridgehead atoms. The highest BCUT2D eigenvalue weighted by Gasteiger charge is 2.64. The molecule has 1 aliphatic rings. The summed E-state index contributed by atoms with van der Waals surface area (Å²) in [6.07, 6.45) is 5.45. The third-order valence-corrected chi connectivity index (χ3v) is 4.40. The predicted molar refractivity (Wildman–Crippen MR) is 63.5 cm³/mol. The van der Waals surface area contributed by atoms with Crippen molar-refractivity contribution in [2.45, 2.75) is 66.3 Å². The van der Waals surface area contributed by atoms with Crippen molar-refractivity contribution < 1.29 is 0 Å². The van der Waals surface area contributed by atoms with Gasteiger partial charge in [-0.2, -0.15) is 0 Å². The molecule has 1 fully saturated rings. The van der Waals surface area contributed by atoms with Crippen LogP contribution in [-0.4, -0.2) is 12.6 Å². The summed E-state index contributed by atoms with van der Waals surface area (Å²) in [5, 5.41) is 3.70. The summed E-state index contributed by atoms with van der Waals surface area (Å²) in [5.74, 6) is 0. The maximum Gasteiger partial charge on any atom is 0.0181 e. The van der Waals surface area contributed by atoms with E-state index in [0.29, 0.717) is 10.8 Å². The van der Waals surface area contributed by atoms with Gasteiger partial charge in [-0.1, -0.05) is 53.9 Å². The molecule has 84 valence electrons. The lowest BCUT2D eigenvalue weighted by molar-refractivity contribution is 0.457. The molecular formula is C13H27N. The van der Waals surface area contributed by atoms with Crippen LogP contribution in [0.1, 0.15) is 60.3 Å². The van der Waals surface area contributed by atoms with Gasteiger partial charge in [0.2, 0.25) is 0 Å². The zero-order valence-corrected chi connectivity index (χ0v) is 10.6. The second kappa shape index (κ2) is 4.22. The molecule has 0 aromatic heterocycles. The van der Waals surface area contributed by atoms with E-state index in [1.807, 2.05) is 0 Å². The van der Waals surface area contributed by atoms with Crippen LogP contribution in [0.2, 0.25) is 0 Å². The van der Waals surface area contributed by atoms with Crippen LogP contribution in [-0.2, 0) is 0 Å². The highest BCUT2D eigenvalue weighted by molar-refractivity contribution is 5.17. The van der Waals surface area contributed by atoms with Crippen LogP contribution < -0.4 is 5.32 Å². The van der Waals surface area contributed by atoms with Crippen molar-refractivity contribution >= 4 is 0 Å². The highest BCUT2D eigenvalue weighted by atomic mass is 15.0. The van der Waals surface area contributed by atoms with Crippen molar-refractivity contribution in [3.63, 3.8) is 0 Å². The molecule has 0 heterocycles. The van der Waals surface area contributed by atoms with E-state index in [1.54, 1.807) is 0 Å². The molecule has 1 heteroatoms. The normalized spacial score (nSPS) is 23.8. The minimum absolute atomic E-state index is 0.498. The molecule has 0 aliphatic heterocycles. The Bertz CT molecular complexity index is 168. The van der Waals surface area contributed by atoms with Gasteiger partial charge < -0.3 is 5.32 Å². The Kier molecular flexibility index (Phi) is 3.63. The van der Waals surface area contributed by atoms with Crippen LogP contribution in [0.5, 0.6) is 0 Å². The van der Waals surface area contributed by atoms with Gasteiger partial charge in [0.25, 0.3) is 0 Å². The Morgan fingerprint density at radius 2 is 1.50 bits per heavy atom. The second-order valence-corrected chi connectivity index (χ2v) is 5.89. The van der Waals surface area contributed by atoms with Gasteiger partial charge >= 0.3 is 0 Å². The van der Waals surface area contributed by atoms with Crippen LogP contribution in [0.4, 0.5) is 0 Å². The maximum absolute atomic E-state index is 3.70. The van der Waals surface area contributed by atoms with E-state index >= 15 is 0 Å². The summed E-state index contributed by atoms with van der Waals surface area (Å²) in [6, 6.07) is 0.733. The Balaban J connectivity index is 2.10. The van der Waals surface area contributed by atoms with E-state index in [4.69, 9.17) is 0 Å². The third-order valence-electron chi connectivity index (χ3n) is 4.40. The molecule has 1 nitrogen and oxygen atoms in total. The Labute approximate surface area is 89.7 Å². The smallest absolute Gasteiger partial charge is 0.0181 e. The number of nitrogens with one attached hydrogen (secondary N) is 1. The summed E-state index contributed by atoms with van der Waals surface area (Å²) >= 11 is 0. The first-order chi connectivity index (χ1) is 6.44. The van der Waals surface area contributed by atoms with E-state index in [2.05, 4.69) is 39.9 Å². The van der Waals surface area contributed by atoms with Gasteiger partial charge in [0, 0.05) is 6.04 Å². The van der Waals surface area contributed by atoms with E-state index in [0.717, 1.165) is 6.04 Å². The first kappa shape index (κ1) is 12.0. The average molecular weight is 197 g/mol. The monoisotopic (exact) mass is 197 g/mol. The first-order valence-electron chi connectivity index (χ1n) is 6.18. The third kappa shape index (κ3) is 2.13. The summed E-state index contributed by atoms with van der Waals surface area (Å²) in [5.41, 5.74) is 0.996. The predicted octanol–water partition coefficient (Wildman–Crippen LogP) is 3.59. The van der Waals surface area contributed by atoms with Crippen LogP contribution in [0.25, 0.3) is 0 Å². The first-order valence-corrected chi connectivity index (χ1v) is 6.18. The minimum Gasteiger partial charge on any atom is -0.313 e. The fourth-order valence-corrected chi connectivity index (χ4v) is 2.50. The van der Waals surface area contributed by atoms with Gasteiger partial charge in [0.05, 0.1) is 0 Å². The molecule has 0 atom stereocenters. The minimum atomic E-state index is 0.498. The molecular weight excluding hydrogens is 170 g/mol. The maximum atomic E-state index is 3.70. The van der Waals surface area contributed by atoms with Crippen molar-refractivity contribution in [1.82, 2.24) is 5.32 Å². The number of hydrogen-bond acceptors (Lipinski definition) is 1. The molecule has 0 amide bonds. The van der Waals surface area contributed by atoms with Gasteiger partial charge in [-0.05, 0) is 23.8 Å². The lowest BCUT2D eigenvalue weighted by Gasteiger charge is -2.05. The molecule has 0 saturated heterocycles. The molecule has 1 rings (SSSR count). The van der Waals surface area contributed by atoms with Crippen molar-refractivity contribution in [3.8, 4) is 0 Å². The zero-order valence-electron chi connectivity index (χ0n) is 10.6. The van der Waals surface area contributed by atoms with Crippen LogP contribution >= 0.6 is 0 Å². The van der Waals surface area contributed by atoms with Crippen LogP contribution in [0.15, 0.2) is 0 Å². The number of unbranched alkanes of at least 4 members (excludes halogenated alkanes) is 3. The molecule has 14 heavy (non-hydrogen) atoms. The quantitative estimate of drug-likeness (QED) is 0.642. The van der Waals surface area contributed by atoms with Gasteiger partial charge in [-0.25, -0.2) is 0 Å². The molecule has 0 unspecified atom stereocenters. The summed E-state index contributed by atoms with van der Waals surface area (Å²) in [4.78, 5) is 0. The van der Waals surface area contributed by atoms with Gasteiger partial charge in [-0.15, -0.1) is 0 Å². The Morgan fingerprint density at radius 1 is 0.929 bits per heavy atom. The molecule has 0 aromatic rings. The second-order valence-electron chi connectivity index (χ2n) is 5.89. The molecule has 1 saturated carbocycles. The van der Waals surface area contributed by atoms with Crippen LogP contribution in [0, 0.1) is 10.8 Å². The molecule has 1 N–H and O–H groups in total. The van der Waals surface area contributed by atoms with Crippen molar-refractivity contribution in [2.24, 2.45) is 10.8 Å². The van der Waals surface area contributed by atoms with Gasteiger partial charge in [0.15, 0.2) is 0 Å². The molecule has 0 spiro atoms. The number of rotatable bonds is 6.